The van der Waals surface area contributed by atoms with Gasteiger partial charge in [0.1, 0.15) is 4.88 Å². The van der Waals surface area contributed by atoms with Crippen molar-refractivity contribution in [1.82, 2.24) is 4.90 Å². The number of esters is 1. The molecule has 5 aromatic rings. The summed E-state index contributed by atoms with van der Waals surface area (Å²) < 4.78 is 42.9. The SMILES string of the molecule is CCOC(O)c1sc2ccc(S(=O)(=O)N(CCc3ccc(C(=O)OC)cc3)c3ccccc3N3CCN(C(=O)c4sccc4Br)CC3)cc2c1C. The van der Waals surface area contributed by atoms with Crippen molar-refractivity contribution in [2.24, 2.45) is 0 Å². The number of carbonyl (C=O) groups is 2. The van der Waals surface area contributed by atoms with Gasteiger partial charge in [-0.15, -0.1) is 22.7 Å². The lowest BCUT2D eigenvalue weighted by Crippen LogP contribution is -2.49. The molecule has 2 aromatic heterocycles. The van der Waals surface area contributed by atoms with Crippen molar-refractivity contribution in [2.45, 2.75) is 31.5 Å². The van der Waals surface area contributed by atoms with Crippen LogP contribution in [-0.2, 0) is 25.9 Å². The van der Waals surface area contributed by atoms with Gasteiger partial charge in [-0.2, -0.15) is 0 Å². The summed E-state index contributed by atoms with van der Waals surface area (Å²) in [5, 5.41) is 13.2. The normalized spacial score (nSPS) is 14.1. The zero-order valence-electron chi connectivity index (χ0n) is 28.4. The molecule has 51 heavy (non-hydrogen) atoms. The van der Waals surface area contributed by atoms with Crippen molar-refractivity contribution in [3.8, 4) is 0 Å². The van der Waals surface area contributed by atoms with Gasteiger partial charge in [-0.25, -0.2) is 13.2 Å². The molecule has 1 saturated heterocycles. The summed E-state index contributed by atoms with van der Waals surface area (Å²) in [7, 11) is -2.80. The topological polar surface area (TPSA) is 117 Å². The van der Waals surface area contributed by atoms with Crippen molar-refractivity contribution in [2.75, 3.05) is 55.6 Å². The van der Waals surface area contributed by atoms with Crippen LogP contribution in [0.2, 0.25) is 0 Å². The molecule has 1 N–H and O–H groups in total. The maximum Gasteiger partial charge on any atom is 0.337 e. The highest BCUT2D eigenvalue weighted by atomic mass is 79.9. The molecule has 0 radical (unpaired) electrons. The number of thiophene rings is 2. The molecule has 1 aliphatic rings. The summed E-state index contributed by atoms with van der Waals surface area (Å²) >= 11 is 6.26. The fourth-order valence-electron chi connectivity index (χ4n) is 6.18. The summed E-state index contributed by atoms with van der Waals surface area (Å²) in [6.07, 6.45) is -0.721. The van der Waals surface area contributed by atoms with Crippen molar-refractivity contribution >= 4 is 82.0 Å². The number of rotatable bonds is 12. The molecule has 0 bridgehead atoms. The lowest BCUT2D eigenvalue weighted by molar-refractivity contribution is -0.0958. The molecule has 1 amide bonds. The molecule has 3 heterocycles. The van der Waals surface area contributed by atoms with Crippen LogP contribution in [0, 0.1) is 6.92 Å². The Morgan fingerprint density at radius 1 is 1.02 bits per heavy atom. The maximum atomic E-state index is 14.8. The second kappa shape index (κ2) is 15.8. The number of methoxy groups -OCH3 is 1. The van der Waals surface area contributed by atoms with Crippen molar-refractivity contribution < 1.29 is 32.6 Å². The third-order valence-electron chi connectivity index (χ3n) is 8.93. The van der Waals surface area contributed by atoms with Gasteiger partial charge in [-0.3, -0.25) is 9.10 Å². The molecule has 10 nitrogen and oxygen atoms in total. The van der Waals surface area contributed by atoms with E-state index in [4.69, 9.17) is 9.47 Å². The fraction of sp³-hybridized carbons (Fsp3) is 0.297. The summed E-state index contributed by atoms with van der Waals surface area (Å²) in [6, 6.07) is 21.3. The molecule has 14 heteroatoms. The molecule has 6 rings (SSSR count). The number of ether oxygens (including phenoxy) is 2. The smallest absolute Gasteiger partial charge is 0.337 e. The number of hydrogen-bond acceptors (Lipinski definition) is 10. The number of aliphatic hydroxyl groups excluding tert-OH is 1. The molecule has 1 fully saturated rings. The Morgan fingerprint density at radius 3 is 2.41 bits per heavy atom. The van der Waals surface area contributed by atoms with Gasteiger partial charge in [0.2, 0.25) is 0 Å². The quantitative estimate of drug-likeness (QED) is 0.104. The van der Waals surface area contributed by atoms with Crippen LogP contribution >= 0.6 is 38.6 Å². The number of amides is 1. The second-order valence-electron chi connectivity index (χ2n) is 11.9. The van der Waals surface area contributed by atoms with Crippen LogP contribution in [0.25, 0.3) is 10.1 Å². The molecule has 1 atom stereocenters. The van der Waals surface area contributed by atoms with E-state index >= 15 is 0 Å². The minimum absolute atomic E-state index is 0.0247. The summed E-state index contributed by atoms with van der Waals surface area (Å²) in [4.78, 5) is 30.6. The number of sulfonamides is 1. The first-order valence-corrected chi connectivity index (χ1v) is 20.3. The van der Waals surface area contributed by atoms with E-state index in [1.54, 1.807) is 49.4 Å². The zero-order chi connectivity index (χ0) is 36.3. The van der Waals surface area contributed by atoms with Gasteiger partial charge in [0.25, 0.3) is 15.9 Å². The number of anilines is 2. The minimum Gasteiger partial charge on any atom is -0.465 e. The number of benzene rings is 3. The van der Waals surface area contributed by atoms with Crippen LogP contribution in [-0.4, -0.2) is 76.7 Å². The lowest BCUT2D eigenvalue weighted by atomic mass is 10.1. The van der Waals surface area contributed by atoms with Crippen molar-refractivity contribution in [1.29, 1.82) is 0 Å². The second-order valence-corrected chi connectivity index (χ2v) is 16.7. The average molecular weight is 813 g/mol. The highest BCUT2D eigenvalue weighted by molar-refractivity contribution is 9.10. The molecular formula is C37H38BrN3O7S3. The number of aliphatic hydroxyl groups is 1. The first-order chi connectivity index (χ1) is 24.5. The van der Waals surface area contributed by atoms with Crippen LogP contribution in [0.5, 0.6) is 0 Å². The van der Waals surface area contributed by atoms with E-state index in [0.29, 0.717) is 60.2 Å². The Hall–Kier alpha value is -3.79. The summed E-state index contributed by atoms with van der Waals surface area (Å²) in [6.45, 7) is 6.16. The number of nitrogens with zero attached hydrogens (tertiary/aromatic N) is 3. The number of para-hydroxylation sites is 2. The molecule has 3 aromatic carbocycles. The third-order valence-corrected chi connectivity index (χ3v) is 13.9. The largest absolute Gasteiger partial charge is 0.465 e. The molecule has 1 unspecified atom stereocenters. The van der Waals surface area contributed by atoms with Gasteiger partial charge in [0.15, 0.2) is 6.29 Å². The molecule has 268 valence electrons. The van der Waals surface area contributed by atoms with Crippen LogP contribution in [0.1, 0.15) is 49.2 Å². The van der Waals surface area contributed by atoms with E-state index in [2.05, 4.69) is 20.8 Å². The van der Waals surface area contributed by atoms with Gasteiger partial charge in [0.05, 0.1) is 33.8 Å². The third kappa shape index (κ3) is 7.71. The van der Waals surface area contributed by atoms with Gasteiger partial charge in [0, 0.05) is 48.5 Å². The van der Waals surface area contributed by atoms with Gasteiger partial charge in [-0.05, 0) is 107 Å². The Bertz CT molecular complexity index is 2140. The Morgan fingerprint density at radius 2 is 1.75 bits per heavy atom. The number of hydrogen-bond donors (Lipinski definition) is 1. The van der Waals surface area contributed by atoms with Crippen molar-refractivity contribution in [3.63, 3.8) is 0 Å². The summed E-state index contributed by atoms with van der Waals surface area (Å²) in [5.41, 5.74) is 3.31. The predicted octanol–water partition coefficient (Wildman–Crippen LogP) is 7.25. The zero-order valence-corrected chi connectivity index (χ0v) is 32.4. The first kappa shape index (κ1) is 37.0. The predicted molar refractivity (Wildman–Crippen MR) is 206 cm³/mol. The Kier molecular flexibility index (Phi) is 11.5. The Labute approximate surface area is 314 Å². The van der Waals surface area contributed by atoms with Crippen LogP contribution in [0.4, 0.5) is 11.4 Å². The molecular weight excluding hydrogens is 775 g/mol. The van der Waals surface area contributed by atoms with Gasteiger partial charge >= 0.3 is 5.97 Å². The number of fused-ring (bicyclic) bond motifs is 1. The molecule has 0 saturated carbocycles. The van der Waals surface area contributed by atoms with Crippen LogP contribution in [0.3, 0.4) is 0 Å². The van der Waals surface area contributed by atoms with Crippen LogP contribution < -0.4 is 9.21 Å². The van der Waals surface area contributed by atoms with E-state index in [1.807, 2.05) is 47.5 Å². The Balaban J connectivity index is 1.34. The monoisotopic (exact) mass is 811 g/mol. The number of piperazine rings is 1. The minimum atomic E-state index is -4.12. The van der Waals surface area contributed by atoms with E-state index in [9.17, 15) is 23.1 Å². The first-order valence-electron chi connectivity index (χ1n) is 16.4. The lowest BCUT2D eigenvalue weighted by Gasteiger charge is -2.38. The maximum absolute atomic E-state index is 14.8. The van der Waals surface area contributed by atoms with E-state index < -0.39 is 22.3 Å². The van der Waals surface area contributed by atoms with Gasteiger partial charge in [-0.1, -0.05) is 24.3 Å². The van der Waals surface area contributed by atoms with E-state index in [1.165, 1.54) is 34.1 Å². The summed E-state index contributed by atoms with van der Waals surface area (Å²) in [5.74, 6) is -0.469. The van der Waals surface area contributed by atoms with Crippen LogP contribution in [0.15, 0.2) is 87.5 Å². The number of carbonyl (C=O) groups excluding carboxylic acids is 2. The highest BCUT2D eigenvalue weighted by Crippen LogP contribution is 2.39. The number of halogens is 1. The molecule has 0 aliphatic carbocycles. The molecule has 1 aliphatic heterocycles. The van der Waals surface area contributed by atoms with E-state index in [0.717, 1.165) is 31.4 Å². The fourth-order valence-corrected chi connectivity index (χ4v) is 10.3. The number of aryl methyl sites for hydroxylation is 1. The molecule has 0 spiro atoms. The van der Waals surface area contributed by atoms with E-state index in [-0.39, 0.29) is 17.3 Å². The average Bonchev–Trinajstić information content (AvgIpc) is 3.73. The van der Waals surface area contributed by atoms with Gasteiger partial charge < -0.3 is 24.4 Å². The highest BCUT2D eigenvalue weighted by Gasteiger charge is 2.31. The standard InChI is InChI=1S/C37H38BrN3O7S3/c1-4-48-37(44)33-24(2)28-23-27(13-14-32(28)50-33)51(45,46)41(17-15-25-9-11-26(12-10-25)36(43)47-3)31-8-6-5-7-30(31)39-18-20-40(21-19-39)35(42)34-29(38)16-22-49-34/h5-14,16,22-23,37,44H,4,15,17-21H2,1-3H3. The van der Waals surface area contributed by atoms with Crippen molar-refractivity contribution in [3.05, 3.63) is 109 Å².